The lowest BCUT2D eigenvalue weighted by atomic mass is 9.98. The van der Waals surface area contributed by atoms with Gasteiger partial charge in [0.1, 0.15) is 10.6 Å². The maximum absolute atomic E-state index is 13.2. The summed E-state index contributed by atoms with van der Waals surface area (Å²) in [5, 5.41) is 0. The molecule has 2 heterocycles. The van der Waals surface area contributed by atoms with E-state index in [1.54, 1.807) is 6.92 Å². The lowest BCUT2D eigenvalue weighted by Crippen LogP contribution is -2.40. The smallest absolute Gasteiger partial charge is 0.309 e. The number of nitrogens with zero attached hydrogens (tertiary/aromatic N) is 2. The van der Waals surface area contributed by atoms with Crippen LogP contribution in [0.2, 0.25) is 0 Å². The van der Waals surface area contributed by atoms with Crippen LogP contribution >= 0.6 is 0 Å². The SMILES string of the molecule is CCOC(=O)C1CCN(S(=O)(=O)c2cc(N3C(=O)CCC3=O)ccc2OC)CC1. The largest absolute Gasteiger partial charge is 0.495 e. The number of benzene rings is 1. The molecule has 1 aromatic rings. The summed E-state index contributed by atoms with van der Waals surface area (Å²) in [6, 6.07) is 4.23. The Hall–Kier alpha value is -2.46. The lowest BCUT2D eigenvalue weighted by Gasteiger charge is -2.30. The fourth-order valence-electron chi connectivity index (χ4n) is 3.60. The summed E-state index contributed by atoms with van der Waals surface area (Å²) in [6.45, 7) is 2.35. The van der Waals surface area contributed by atoms with E-state index in [1.807, 2.05) is 0 Å². The van der Waals surface area contributed by atoms with Crippen LogP contribution < -0.4 is 9.64 Å². The zero-order valence-corrected chi connectivity index (χ0v) is 17.2. The number of carbonyl (C=O) groups is 3. The van der Waals surface area contributed by atoms with E-state index in [0.29, 0.717) is 12.8 Å². The molecule has 2 saturated heterocycles. The van der Waals surface area contributed by atoms with Crippen molar-refractivity contribution < 1.29 is 32.3 Å². The van der Waals surface area contributed by atoms with Gasteiger partial charge in [0.05, 0.1) is 25.3 Å². The molecule has 9 nitrogen and oxygen atoms in total. The quantitative estimate of drug-likeness (QED) is 0.500. The molecule has 0 N–H and O–H groups in total. The molecule has 0 aromatic heterocycles. The van der Waals surface area contributed by atoms with E-state index >= 15 is 0 Å². The van der Waals surface area contributed by atoms with Crippen molar-refractivity contribution in [1.29, 1.82) is 0 Å². The summed E-state index contributed by atoms with van der Waals surface area (Å²) >= 11 is 0. The van der Waals surface area contributed by atoms with E-state index in [1.165, 1.54) is 29.6 Å². The van der Waals surface area contributed by atoms with Gasteiger partial charge < -0.3 is 9.47 Å². The van der Waals surface area contributed by atoms with E-state index in [2.05, 4.69) is 0 Å². The van der Waals surface area contributed by atoms with Gasteiger partial charge in [-0.3, -0.25) is 19.3 Å². The highest BCUT2D eigenvalue weighted by Gasteiger charge is 2.36. The first-order valence-corrected chi connectivity index (χ1v) is 10.9. The Morgan fingerprint density at radius 2 is 1.76 bits per heavy atom. The zero-order chi connectivity index (χ0) is 21.2. The highest BCUT2D eigenvalue weighted by Crippen LogP contribution is 2.34. The van der Waals surface area contributed by atoms with Crippen molar-refractivity contribution in [2.45, 2.75) is 37.5 Å². The third kappa shape index (κ3) is 4.13. The molecule has 0 spiro atoms. The van der Waals surface area contributed by atoms with Gasteiger partial charge in [-0.15, -0.1) is 0 Å². The van der Waals surface area contributed by atoms with Gasteiger partial charge in [-0.05, 0) is 38.0 Å². The van der Waals surface area contributed by atoms with Gasteiger partial charge in [-0.1, -0.05) is 0 Å². The number of methoxy groups -OCH3 is 1. The van der Waals surface area contributed by atoms with E-state index in [9.17, 15) is 22.8 Å². The van der Waals surface area contributed by atoms with E-state index < -0.39 is 10.0 Å². The van der Waals surface area contributed by atoms with E-state index in [0.717, 1.165) is 4.90 Å². The molecule has 0 unspecified atom stereocenters. The molecule has 3 rings (SSSR count). The van der Waals surface area contributed by atoms with Gasteiger partial charge in [0.2, 0.25) is 21.8 Å². The average molecular weight is 424 g/mol. The van der Waals surface area contributed by atoms with Crippen LogP contribution in [0.25, 0.3) is 0 Å². The third-order valence-electron chi connectivity index (χ3n) is 5.15. The molecule has 2 fully saturated rings. The number of rotatable bonds is 6. The fourth-order valence-corrected chi connectivity index (χ4v) is 5.25. The number of imide groups is 1. The molecule has 29 heavy (non-hydrogen) atoms. The number of ether oxygens (including phenoxy) is 2. The van der Waals surface area contributed by atoms with Gasteiger partial charge in [-0.25, -0.2) is 8.42 Å². The number of hydrogen-bond acceptors (Lipinski definition) is 7. The summed E-state index contributed by atoms with van der Waals surface area (Å²) in [6.07, 6.45) is 0.939. The Bertz CT molecular complexity index is 904. The normalized spacial score (nSPS) is 18.9. The molecule has 2 aliphatic rings. The Morgan fingerprint density at radius 3 is 2.31 bits per heavy atom. The molecule has 0 bridgehead atoms. The van der Waals surface area contributed by atoms with Crippen LogP contribution in [0.1, 0.15) is 32.6 Å². The first-order valence-electron chi connectivity index (χ1n) is 9.50. The van der Waals surface area contributed by atoms with Crippen LogP contribution in [-0.4, -0.2) is 57.3 Å². The molecule has 2 aliphatic heterocycles. The summed E-state index contributed by atoms with van der Waals surface area (Å²) in [5.74, 6) is -1.23. The van der Waals surface area contributed by atoms with Crippen molar-refractivity contribution in [3.05, 3.63) is 18.2 Å². The maximum atomic E-state index is 13.2. The van der Waals surface area contributed by atoms with Gasteiger partial charge >= 0.3 is 5.97 Å². The van der Waals surface area contributed by atoms with Gasteiger partial charge in [0.15, 0.2) is 0 Å². The van der Waals surface area contributed by atoms with Crippen molar-refractivity contribution in [2.75, 3.05) is 31.7 Å². The predicted molar refractivity (Wildman–Crippen MR) is 103 cm³/mol. The second kappa shape index (κ2) is 8.50. The first kappa shape index (κ1) is 21.3. The summed E-state index contributed by atoms with van der Waals surface area (Å²) in [7, 11) is -2.59. The number of sulfonamides is 1. The van der Waals surface area contributed by atoms with Crippen molar-refractivity contribution in [3.63, 3.8) is 0 Å². The highest BCUT2D eigenvalue weighted by atomic mass is 32.2. The minimum atomic E-state index is -3.95. The third-order valence-corrected chi connectivity index (χ3v) is 7.07. The summed E-state index contributed by atoms with van der Waals surface area (Å²) in [5.41, 5.74) is 0.207. The summed E-state index contributed by atoms with van der Waals surface area (Å²) < 4.78 is 38.0. The Kier molecular flexibility index (Phi) is 6.23. The van der Waals surface area contributed by atoms with E-state index in [-0.39, 0.29) is 72.6 Å². The second-order valence-corrected chi connectivity index (χ2v) is 8.79. The van der Waals surface area contributed by atoms with Crippen LogP contribution in [0.3, 0.4) is 0 Å². The second-order valence-electron chi connectivity index (χ2n) is 6.89. The van der Waals surface area contributed by atoms with Crippen molar-refractivity contribution in [2.24, 2.45) is 5.92 Å². The monoisotopic (exact) mass is 424 g/mol. The average Bonchev–Trinajstić information content (AvgIpc) is 3.06. The van der Waals surface area contributed by atoms with Crippen molar-refractivity contribution in [3.8, 4) is 5.75 Å². The van der Waals surface area contributed by atoms with Crippen LogP contribution in [-0.2, 0) is 29.1 Å². The minimum Gasteiger partial charge on any atom is -0.495 e. The topological polar surface area (TPSA) is 110 Å². The van der Waals surface area contributed by atoms with Gasteiger partial charge in [-0.2, -0.15) is 4.31 Å². The zero-order valence-electron chi connectivity index (χ0n) is 16.4. The Balaban J connectivity index is 1.86. The molecule has 10 heteroatoms. The standard InChI is InChI=1S/C19H24N2O7S/c1-3-28-19(24)13-8-10-20(11-9-13)29(25,26)16-12-14(4-5-15(16)27-2)21-17(22)6-7-18(21)23/h4-5,12-13H,3,6-11H2,1-2H3. The maximum Gasteiger partial charge on any atom is 0.309 e. The van der Waals surface area contributed by atoms with Gasteiger partial charge in [0, 0.05) is 25.9 Å². The molecule has 0 radical (unpaired) electrons. The molecule has 2 amide bonds. The lowest BCUT2D eigenvalue weighted by molar-refractivity contribution is -0.149. The fraction of sp³-hybridized carbons (Fsp3) is 0.526. The molecule has 158 valence electrons. The van der Waals surface area contributed by atoms with Gasteiger partial charge in [0.25, 0.3) is 0 Å². The number of anilines is 1. The molecule has 1 aromatic carbocycles. The van der Waals surface area contributed by atoms with Crippen molar-refractivity contribution in [1.82, 2.24) is 4.31 Å². The minimum absolute atomic E-state index is 0.105. The van der Waals surface area contributed by atoms with Crippen molar-refractivity contribution >= 4 is 33.5 Å². The van der Waals surface area contributed by atoms with Crippen LogP contribution in [0.15, 0.2) is 23.1 Å². The van der Waals surface area contributed by atoms with E-state index in [4.69, 9.17) is 9.47 Å². The van der Waals surface area contributed by atoms with Crippen LogP contribution in [0.4, 0.5) is 5.69 Å². The van der Waals surface area contributed by atoms with Crippen LogP contribution in [0.5, 0.6) is 5.75 Å². The predicted octanol–water partition coefficient (Wildman–Crippen LogP) is 1.31. The molecule has 0 aliphatic carbocycles. The number of carbonyl (C=O) groups excluding carboxylic acids is 3. The molecular formula is C19H24N2O7S. The molecule has 0 saturated carbocycles. The highest BCUT2D eigenvalue weighted by molar-refractivity contribution is 7.89. The van der Waals surface area contributed by atoms with Crippen LogP contribution in [0, 0.1) is 5.92 Å². The summed E-state index contributed by atoms with van der Waals surface area (Å²) in [4.78, 5) is 36.8. The Labute approximate surface area is 169 Å². The Morgan fingerprint density at radius 1 is 1.14 bits per heavy atom. The number of esters is 1. The number of piperidine rings is 1. The molecular weight excluding hydrogens is 400 g/mol. The first-order chi connectivity index (χ1) is 13.8. The molecule has 0 atom stereocenters. The number of amides is 2. The number of hydrogen-bond donors (Lipinski definition) is 0.